The Morgan fingerprint density at radius 3 is 2.21 bits per heavy atom. The standard InChI is InChI=1S/C10H13BrO3/c1-12-10(13-2)7-14-9-5-3-8(11)4-6-9/h3-6,10H,7H2,1-2H3. The summed E-state index contributed by atoms with van der Waals surface area (Å²) < 4.78 is 16.4. The molecule has 0 heterocycles. The molecule has 78 valence electrons. The van der Waals surface area contributed by atoms with E-state index in [1.165, 1.54) is 0 Å². The first-order valence-corrected chi connectivity index (χ1v) is 4.99. The fourth-order valence-electron chi connectivity index (χ4n) is 0.927. The van der Waals surface area contributed by atoms with Crippen molar-refractivity contribution in [2.24, 2.45) is 0 Å². The van der Waals surface area contributed by atoms with Gasteiger partial charge in [0.15, 0.2) is 6.29 Å². The molecule has 14 heavy (non-hydrogen) atoms. The van der Waals surface area contributed by atoms with Crippen LogP contribution in [0.3, 0.4) is 0 Å². The Hall–Kier alpha value is -0.580. The van der Waals surface area contributed by atoms with E-state index in [-0.39, 0.29) is 6.29 Å². The second-order valence-electron chi connectivity index (χ2n) is 2.67. The van der Waals surface area contributed by atoms with Crippen molar-refractivity contribution in [1.29, 1.82) is 0 Å². The summed E-state index contributed by atoms with van der Waals surface area (Å²) in [6, 6.07) is 7.60. The van der Waals surface area contributed by atoms with Crippen molar-refractivity contribution in [2.45, 2.75) is 6.29 Å². The minimum Gasteiger partial charge on any atom is -0.488 e. The van der Waals surface area contributed by atoms with Gasteiger partial charge in [-0.25, -0.2) is 0 Å². The number of benzene rings is 1. The molecule has 0 bridgehead atoms. The lowest BCUT2D eigenvalue weighted by Crippen LogP contribution is -2.21. The molecule has 0 aliphatic carbocycles. The quantitative estimate of drug-likeness (QED) is 0.762. The number of ether oxygens (including phenoxy) is 3. The minimum absolute atomic E-state index is 0.321. The predicted octanol–water partition coefficient (Wildman–Crippen LogP) is 2.45. The first-order chi connectivity index (χ1) is 6.76. The zero-order valence-electron chi connectivity index (χ0n) is 8.20. The molecule has 0 saturated heterocycles. The molecule has 0 aliphatic heterocycles. The van der Waals surface area contributed by atoms with Crippen LogP contribution in [0.4, 0.5) is 0 Å². The third-order valence-electron chi connectivity index (χ3n) is 1.73. The third kappa shape index (κ3) is 3.65. The highest BCUT2D eigenvalue weighted by molar-refractivity contribution is 9.10. The molecule has 3 nitrogen and oxygen atoms in total. The Morgan fingerprint density at radius 1 is 1.14 bits per heavy atom. The van der Waals surface area contributed by atoms with Crippen molar-refractivity contribution in [3.05, 3.63) is 28.7 Å². The molecule has 0 spiro atoms. The van der Waals surface area contributed by atoms with E-state index >= 15 is 0 Å². The molecule has 0 unspecified atom stereocenters. The predicted molar refractivity (Wildman–Crippen MR) is 57.4 cm³/mol. The van der Waals surface area contributed by atoms with Crippen LogP contribution in [0.2, 0.25) is 0 Å². The molecule has 4 heteroatoms. The molecular formula is C10H13BrO3. The molecule has 0 amide bonds. The van der Waals surface area contributed by atoms with Crippen molar-refractivity contribution in [3.63, 3.8) is 0 Å². The summed E-state index contributed by atoms with van der Waals surface area (Å²) in [4.78, 5) is 0. The monoisotopic (exact) mass is 260 g/mol. The van der Waals surface area contributed by atoms with Crippen LogP contribution in [0.15, 0.2) is 28.7 Å². The first kappa shape index (κ1) is 11.5. The van der Waals surface area contributed by atoms with Gasteiger partial charge >= 0.3 is 0 Å². The van der Waals surface area contributed by atoms with Crippen LogP contribution >= 0.6 is 15.9 Å². The van der Waals surface area contributed by atoms with Crippen molar-refractivity contribution >= 4 is 15.9 Å². The summed E-state index contributed by atoms with van der Waals surface area (Å²) in [5, 5.41) is 0. The van der Waals surface area contributed by atoms with E-state index in [4.69, 9.17) is 14.2 Å². The molecule has 0 saturated carbocycles. The van der Waals surface area contributed by atoms with Crippen molar-refractivity contribution in [2.75, 3.05) is 20.8 Å². The molecule has 0 radical (unpaired) electrons. The fourth-order valence-corrected chi connectivity index (χ4v) is 1.19. The average molecular weight is 261 g/mol. The van der Waals surface area contributed by atoms with E-state index in [0.29, 0.717) is 6.61 Å². The zero-order chi connectivity index (χ0) is 10.4. The molecule has 0 fully saturated rings. The van der Waals surface area contributed by atoms with Crippen LogP contribution in [0, 0.1) is 0 Å². The molecule has 1 rings (SSSR count). The Morgan fingerprint density at radius 2 is 1.71 bits per heavy atom. The van der Waals surface area contributed by atoms with Gasteiger partial charge in [-0.2, -0.15) is 0 Å². The first-order valence-electron chi connectivity index (χ1n) is 4.20. The molecule has 0 N–H and O–H groups in total. The number of hydrogen-bond acceptors (Lipinski definition) is 3. The van der Waals surface area contributed by atoms with Crippen molar-refractivity contribution in [1.82, 2.24) is 0 Å². The van der Waals surface area contributed by atoms with E-state index in [2.05, 4.69) is 15.9 Å². The topological polar surface area (TPSA) is 27.7 Å². The molecule has 1 aromatic carbocycles. The van der Waals surface area contributed by atoms with Crippen molar-refractivity contribution < 1.29 is 14.2 Å². The van der Waals surface area contributed by atoms with Gasteiger partial charge in [0.1, 0.15) is 12.4 Å². The van der Waals surface area contributed by atoms with Gasteiger partial charge in [0.2, 0.25) is 0 Å². The summed E-state index contributed by atoms with van der Waals surface area (Å²) in [5.41, 5.74) is 0. The van der Waals surface area contributed by atoms with E-state index in [1.54, 1.807) is 14.2 Å². The summed E-state index contributed by atoms with van der Waals surface area (Å²) in [7, 11) is 3.16. The van der Waals surface area contributed by atoms with E-state index < -0.39 is 0 Å². The highest BCUT2D eigenvalue weighted by Crippen LogP contribution is 2.16. The molecule has 0 aromatic heterocycles. The number of rotatable bonds is 5. The summed E-state index contributed by atoms with van der Waals surface area (Å²) >= 11 is 3.35. The lowest BCUT2D eigenvalue weighted by atomic mass is 10.3. The lowest BCUT2D eigenvalue weighted by Gasteiger charge is -2.14. The largest absolute Gasteiger partial charge is 0.488 e. The summed E-state index contributed by atoms with van der Waals surface area (Å²) in [5.74, 6) is 0.798. The van der Waals surface area contributed by atoms with E-state index in [9.17, 15) is 0 Å². The molecule has 0 aliphatic rings. The number of methoxy groups -OCH3 is 2. The highest BCUT2D eigenvalue weighted by atomic mass is 79.9. The Bertz CT molecular complexity index is 257. The molecule has 1 aromatic rings. The minimum atomic E-state index is -0.321. The normalized spacial score (nSPS) is 10.6. The van der Waals surface area contributed by atoms with Crippen LogP contribution in [-0.2, 0) is 9.47 Å². The zero-order valence-corrected chi connectivity index (χ0v) is 9.78. The van der Waals surface area contributed by atoms with Gasteiger partial charge in [-0.3, -0.25) is 0 Å². The maximum atomic E-state index is 5.43. The SMILES string of the molecule is COC(COc1ccc(Br)cc1)OC. The summed E-state index contributed by atoms with van der Waals surface area (Å²) in [6.45, 7) is 0.384. The van der Waals surface area contributed by atoms with Gasteiger partial charge in [0.25, 0.3) is 0 Å². The maximum absolute atomic E-state index is 5.43. The van der Waals surface area contributed by atoms with E-state index in [1.807, 2.05) is 24.3 Å². The fraction of sp³-hybridized carbons (Fsp3) is 0.400. The van der Waals surface area contributed by atoms with Crippen LogP contribution in [0.5, 0.6) is 5.75 Å². The second kappa shape index (κ2) is 6.01. The van der Waals surface area contributed by atoms with Crippen LogP contribution in [0.25, 0.3) is 0 Å². The van der Waals surface area contributed by atoms with Gasteiger partial charge in [-0.15, -0.1) is 0 Å². The van der Waals surface area contributed by atoms with Crippen molar-refractivity contribution in [3.8, 4) is 5.75 Å². The maximum Gasteiger partial charge on any atom is 0.191 e. The number of halogens is 1. The van der Waals surface area contributed by atoms with Crippen LogP contribution in [0.1, 0.15) is 0 Å². The smallest absolute Gasteiger partial charge is 0.191 e. The van der Waals surface area contributed by atoms with E-state index in [0.717, 1.165) is 10.2 Å². The Labute approximate surface area is 92.1 Å². The Balaban J connectivity index is 2.41. The second-order valence-corrected chi connectivity index (χ2v) is 3.58. The van der Waals surface area contributed by atoms with Crippen LogP contribution in [-0.4, -0.2) is 27.1 Å². The summed E-state index contributed by atoms with van der Waals surface area (Å²) in [6.07, 6.45) is -0.321. The van der Waals surface area contributed by atoms with Gasteiger partial charge in [0, 0.05) is 18.7 Å². The lowest BCUT2D eigenvalue weighted by molar-refractivity contribution is -0.121. The number of hydrogen-bond donors (Lipinski definition) is 0. The molecular weight excluding hydrogens is 248 g/mol. The van der Waals surface area contributed by atoms with Gasteiger partial charge in [-0.05, 0) is 24.3 Å². The highest BCUT2D eigenvalue weighted by Gasteiger charge is 2.05. The van der Waals surface area contributed by atoms with Gasteiger partial charge in [-0.1, -0.05) is 15.9 Å². The molecule has 0 atom stereocenters. The Kier molecular flexibility index (Phi) is 4.93. The van der Waals surface area contributed by atoms with Crippen LogP contribution < -0.4 is 4.74 Å². The van der Waals surface area contributed by atoms with Gasteiger partial charge in [0.05, 0.1) is 0 Å². The van der Waals surface area contributed by atoms with Gasteiger partial charge < -0.3 is 14.2 Å². The third-order valence-corrected chi connectivity index (χ3v) is 2.25. The average Bonchev–Trinajstić information content (AvgIpc) is 2.22.